The number of rotatable bonds is 8. The molecule has 2 aliphatic heterocycles. The molecule has 2 aliphatic rings. The molecule has 2 bridgehead atoms. The molecule has 0 radical (unpaired) electrons. The highest BCUT2D eigenvalue weighted by Crippen LogP contribution is 2.31. The molecule has 27 heavy (non-hydrogen) atoms. The minimum atomic E-state index is 0.536. The van der Waals surface area contributed by atoms with E-state index in [0.29, 0.717) is 18.1 Å². The van der Waals surface area contributed by atoms with Crippen molar-refractivity contribution in [2.24, 2.45) is 15.9 Å². The predicted molar refractivity (Wildman–Crippen MR) is 118 cm³/mol. The van der Waals surface area contributed by atoms with E-state index in [1.807, 2.05) is 6.20 Å². The third-order valence-electron chi connectivity index (χ3n) is 5.80. The Labute approximate surface area is 167 Å². The van der Waals surface area contributed by atoms with E-state index in [0.717, 1.165) is 44.5 Å². The first kappa shape index (κ1) is 22.1. The molecule has 0 N–H and O–H groups in total. The van der Waals surface area contributed by atoms with Crippen molar-refractivity contribution in [2.45, 2.75) is 78.4 Å². The van der Waals surface area contributed by atoms with Gasteiger partial charge in [0.15, 0.2) is 0 Å². The van der Waals surface area contributed by atoms with Crippen LogP contribution in [0.4, 0.5) is 0 Å². The molecule has 2 atom stereocenters. The molecule has 2 saturated heterocycles. The highest BCUT2D eigenvalue weighted by atomic mass is 15.4. The van der Waals surface area contributed by atoms with Crippen LogP contribution in [0.15, 0.2) is 21.8 Å². The van der Waals surface area contributed by atoms with Crippen molar-refractivity contribution in [1.29, 1.82) is 0 Å². The molecule has 2 fully saturated rings. The molecule has 5 heteroatoms. The van der Waals surface area contributed by atoms with Gasteiger partial charge in [0, 0.05) is 44.0 Å². The van der Waals surface area contributed by atoms with Crippen molar-refractivity contribution in [3.05, 3.63) is 11.8 Å². The van der Waals surface area contributed by atoms with Gasteiger partial charge in [0.1, 0.15) is 0 Å². The number of likely N-dealkylation sites (tertiary alicyclic amines) is 1. The van der Waals surface area contributed by atoms with Crippen LogP contribution in [0.2, 0.25) is 0 Å². The van der Waals surface area contributed by atoms with Crippen molar-refractivity contribution >= 4 is 12.7 Å². The quantitative estimate of drug-likeness (QED) is 0.477. The van der Waals surface area contributed by atoms with Crippen molar-refractivity contribution in [3.63, 3.8) is 0 Å². The van der Waals surface area contributed by atoms with Crippen LogP contribution in [0.3, 0.4) is 0 Å². The number of nitrogens with zero attached hydrogens (tertiary/aromatic N) is 5. The standard InChI is InChI=1S/C22H41N5/c1-17(2)14-25(7)12-8-9-19(5)13-24-22(23-6)27-20-10-11-21(27)16-26(15-20)18(3)4/h13,17-18,20-21H,6,8-12,14-16H2,1-5,7H3/b19-13+,24-22?. The Balaban J connectivity index is 1.90. The van der Waals surface area contributed by atoms with E-state index in [1.54, 1.807) is 0 Å². The van der Waals surface area contributed by atoms with Crippen molar-refractivity contribution < 1.29 is 0 Å². The lowest BCUT2D eigenvalue weighted by Crippen LogP contribution is -2.56. The van der Waals surface area contributed by atoms with Gasteiger partial charge in [0.25, 0.3) is 0 Å². The molecule has 2 unspecified atom stereocenters. The van der Waals surface area contributed by atoms with Crippen LogP contribution in [0.25, 0.3) is 0 Å². The smallest absolute Gasteiger partial charge is 0.225 e. The van der Waals surface area contributed by atoms with E-state index < -0.39 is 0 Å². The number of fused-ring (bicyclic) bond motifs is 2. The van der Waals surface area contributed by atoms with Crippen LogP contribution >= 0.6 is 0 Å². The van der Waals surface area contributed by atoms with Gasteiger partial charge in [-0.25, -0.2) is 9.98 Å². The summed E-state index contributed by atoms with van der Waals surface area (Å²) in [5, 5.41) is 0. The Morgan fingerprint density at radius 1 is 1.19 bits per heavy atom. The maximum Gasteiger partial charge on any atom is 0.225 e. The summed E-state index contributed by atoms with van der Waals surface area (Å²) >= 11 is 0. The summed E-state index contributed by atoms with van der Waals surface area (Å²) in [5.41, 5.74) is 1.32. The van der Waals surface area contributed by atoms with Gasteiger partial charge in [-0.1, -0.05) is 19.4 Å². The van der Waals surface area contributed by atoms with Gasteiger partial charge in [-0.05, 0) is 72.7 Å². The van der Waals surface area contributed by atoms with Crippen LogP contribution in [-0.2, 0) is 0 Å². The molecule has 0 aromatic carbocycles. The summed E-state index contributed by atoms with van der Waals surface area (Å²) in [6, 6.07) is 1.69. The summed E-state index contributed by atoms with van der Waals surface area (Å²) in [4.78, 5) is 16.5. The zero-order valence-electron chi connectivity index (χ0n) is 18.5. The highest BCUT2D eigenvalue weighted by Gasteiger charge is 2.41. The van der Waals surface area contributed by atoms with E-state index >= 15 is 0 Å². The fraction of sp³-hybridized carbons (Fsp3) is 0.818. The molecule has 0 saturated carbocycles. The first-order chi connectivity index (χ1) is 12.8. The first-order valence-electron chi connectivity index (χ1n) is 10.7. The second-order valence-corrected chi connectivity index (χ2v) is 9.16. The monoisotopic (exact) mass is 375 g/mol. The molecule has 2 rings (SSSR count). The number of guanidine groups is 1. The number of hydrogen-bond acceptors (Lipinski definition) is 3. The van der Waals surface area contributed by atoms with Crippen molar-refractivity contribution in [3.8, 4) is 0 Å². The minimum absolute atomic E-state index is 0.536. The predicted octanol–water partition coefficient (Wildman–Crippen LogP) is 3.87. The average Bonchev–Trinajstić information content (AvgIpc) is 2.84. The Morgan fingerprint density at radius 2 is 1.81 bits per heavy atom. The summed E-state index contributed by atoms with van der Waals surface area (Å²) in [5.74, 6) is 1.55. The van der Waals surface area contributed by atoms with E-state index in [9.17, 15) is 0 Å². The summed E-state index contributed by atoms with van der Waals surface area (Å²) in [6.07, 6.45) is 6.77. The molecule has 0 spiro atoms. The van der Waals surface area contributed by atoms with Gasteiger partial charge in [-0.2, -0.15) is 0 Å². The molecular formula is C22H41N5. The second kappa shape index (κ2) is 10.4. The van der Waals surface area contributed by atoms with E-state index in [2.05, 4.69) is 68.1 Å². The van der Waals surface area contributed by atoms with Crippen LogP contribution in [0, 0.1) is 5.92 Å². The largest absolute Gasteiger partial charge is 0.332 e. The molecule has 0 aliphatic carbocycles. The summed E-state index contributed by atoms with van der Waals surface area (Å²) < 4.78 is 0. The second-order valence-electron chi connectivity index (χ2n) is 9.16. The Kier molecular flexibility index (Phi) is 8.49. The average molecular weight is 376 g/mol. The van der Waals surface area contributed by atoms with Crippen LogP contribution in [0.5, 0.6) is 0 Å². The number of allylic oxidation sites excluding steroid dienone is 1. The fourth-order valence-corrected chi connectivity index (χ4v) is 4.45. The summed E-state index contributed by atoms with van der Waals surface area (Å²) in [6.45, 7) is 19.7. The maximum absolute atomic E-state index is 4.74. The Morgan fingerprint density at radius 3 is 2.33 bits per heavy atom. The van der Waals surface area contributed by atoms with Crippen LogP contribution < -0.4 is 0 Å². The number of aliphatic imine (C=N–C) groups is 2. The minimum Gasteiger partial charge on any atom is -0.332 e. The topological polar surface area (TPSA) is 34.4 Å². The van der Waals surface area contributed by atoms with E-state index in [1.165, 1.54) is 24.8 Å². The van der Waals surface area contributed by atoms with Gasteiger partial charge >= 0.3 is 0 Å². The highest BCUT2D eigenvalue weighted by molar-refractivity contribution is 5.85. The molecule has 5 nitrogen and oxygen atoms in total. The first-order valence-corrected chi connectivity index (χ1v) is 10.7. The van der Waals surface area contributed by atoms with Crippen LogP contribution in [-0.4, -0.2) is 78.7 Å². The van der Waals surface area contributed by atoms with Crippen molar-refractivity contribution in [2.75, 3.05) is 33.2 Å². The molecule has 0 aromatic rings. The third-order valence-corrected chi connectivity index (χ3v) is 5.80. The number of hydrogen-bond donors (Lipinski definition) is 0. The summed E-state index contributed by atoms with van der Waals surface area (Å²) in [7, 11) is 2.21. The molecular weight excluding hydrogens is 334 g/mol. The lowest BCUT2D eigenvalue weighted by Gasteiger charge is -2.43. The molecule has 0 amide bonds. The van der Waals surface area contributed by atoms with Gasteiger partial charge in [0.2, 0.25) is 5.96 Å². The lowest BCUT2D eigenvalue weighted by atomic mass is 10.1. The Hall–Kier alpha value is -1.20. The van der Waals surface area contributed by atoms with E-state index in [4.69, 9.17) is 4.99 Å². The van der Waals surface area contributed by atoms with E-state index in [-0.39, 0.29) is 0 Å². The van der Waals surface area contributed by atoms with Crippen LogP contribution in [0.1, 0.15) is 60.3 Å². The SMILES string of the molecule is C=NC(=N/C=C(\C)CCCN(C)CC(C)C)N1C2CCC1CN(C(C)C)C2. The molecule has 154 valence electrons. The number of piperazine rings is 1. The third kappa shape index (κ3) is 6.42. The molecule has 0 aromatic heterocycles. The van der Waals surface area contributed by atoms with Gasteiger partial charge in [-0.3, -0.25) is 4.90 Å². The zero-order chi connectivity index (χ0) is 20.0. The van der Waals surface area contributed by atoms with Gasteiger partial charge < -0.3 is 9.80 Å². The lowest BCUT2D eigenvalue weighted by molar-refractivity contribution is 0.0948. The zero-order valence-corrected chi connectivity index (χ0v) is 18.5. The van der Waals surface area contributed by atoms with Crippen molar-refractivity contribution in [1.82, 2.24) is 14.7 Å². The molecule has 2 heterocycles. The maximum atomic E-state index is 4.74. The Bertz CT molecular complexity index is 523. The van der Waals surface area contributed by atoms with Gasteiger partial charge in [-0.15, -0.1) is 0 Å². The normalized spacial score (nSPS) is 24.6. The van der Waals surface area contributed by atoms with Gasteiger partial charge in [0.05, 0.1) is 0 Å². The fourth-order valence-electron chi connectivity index (χ4n) is 4.45.